The van der Waals surface area contributed by atoms with Crippen molar-refractivity contribution >= 4 is 37.3 Å². The highest BCUT2D eigenvalue weighted by atomic mass is 32.2. The smallest absolute Gasteiger partial charge is 0.244 e. The number of sulfonamides is 2. The van der Waals surface area contributed by atoms with Crippen molar-refractivity contribution in [2.75, 3.05) is 36.5 Å². The molecule has 0 aliphatic carbocycles. The van der Waals surface area contributed by atoms with E-state index in [2.05, 4.69) is 15.0 Å². The number of rotatable bonds is 7. The number of hydrogen-bond donors (Lipinski definition) is 2. The van der Waals surface area contributed by atoms with Gasteiger partial charge in [0.15, 0.2) is 0 Å². The lowest BCUT2D eigenvalue weighted by Crippen LogP contribution is -2.41. The minimum atomic E-state index is -3.64. The first kappa shape index (κ1) is 23.0. The molecule has 2 heterocycles. The summed E-state index contributed by atoms with van der Waals surface area (Å²) in [5.41, 5.74) is 0.613. The molecule has 1 aromatic heterocycles. The first-order valence-corrected chi connectivity index (χ1v) is 12.8. The van der Waals surface area contributed by atoms with Crippen molar-refractivity contribution in [3.63, 3.8) is 0 Å². The molecule has 0 unspecified atom stereocenters. The normalized spacial score (nSPS) is 15.9. The quantitative estimate of drug-likeness (QED) is 0.629. The largest absolute Gasteiger partial charge is 0.495 e. The number of amides is 1. The van der Waals surface area contributed by atoms with Crippen molar-refractivity contribution in [3.05, 3.63) is 42.7 Å². The van der Waals surface area contributed by atoms with Gasteiger partial charge in [-0.15, -0.1) is 0 Å². The van der Waals surface area contributed by atoms with Crippen LogP contribution < -0.4 is 14.8 Å². The minimum absolute atomic E-state index is 0.127. The van der Waals surface area contributed by atoms with Crippen LogP contribution in [0.15, 0.2) is 47.6 Å². The van der Waals surface area contributed by atoms with Gasteiger partial charge in [0, 0.05) is 37.1 Å². The standard InChI is InChI=1S/C19H24N4O6S2/c1-29-18-6-5-15(12-17(18)22-30(2,25)26)21-19(24)14-7-10-23(11-8-14)31(27,28)16-4-3-9-20-13-16/h3-6,9,12-14,22H,7-8,10-11H2,1-2H3,(H,21,24). The number of carbonyl (C=O) groups excluding carboxylic acids is 1. The molecule has 12 heteroatoms. The monoisotopic (exact) mass is 468 g/mol. The number of nitrogens with one attached hydrogen (secondary N) is 2. The average Bonchev–Trinajstić information content (AvgIpc) is 2.73. The molecule has 1 aromatic carbocycles. The predicted octanol–water partition coefficient (Wildman–Crippen LogP) is 1.50. The second-order valence-corrected chi connectivity index (χ2v) is 10.8. The molecular formula is C19H24N4O6S2. The SMILES string of the molecule is COc1ccc(NC(=O)C2CCN(S(=O)(=O)c3cccnc3)CC2)cc1NS(C)(=O)=O. The van der Waals surface area contributed by atoms with Gasteiger partial charge in [-0.1, -0.05) is 0 Å². The van der Waals surface area contributed by atoms with Crippen molar-refractivity contribution in [1.29, 1.82) is 0 Å². The average molecular weight is 469 g/mol. The third kappa shape index (κ3) is 5.71. The molecule has 1 aliphatic rings. The van der Waals surface area contributed by atoms with Crippen LogP contribution in [-0.2, 0) is 24.8 Å². The summed E-state index contributed by atoms with van der Waals surface area (Å²) in [7, 11) is -5.76. The fourth-order valence-electron chi connectivity index (χ4n) is 3.32. The van der Waals surface area contributed by atoms with E-state index < -0.39 is 20.0 Å². The Labute approximate surface area is 181 Å². The molecular weight excluding hydrogens is 444 g/mol. The zero-order chi connectivity index (χ0) is 22.6. The number of methoxy groups -OCH3 is 1. The number of pyridine rings is 1. The first-order chi connectivity index (χ1) is 14.6. The van der Waals surface area contributed by atoms with Gasteiger partial charge >= 0.3 is 0 Å². The van der Waals surface area contributed by atoms with Gasteiger partial charge in [0.25, 0.3) is 0 Å². The van der Waals surface area contributed by atoms with E-state index >= 15 is 0 Å². The number of carbonyl (C=O) groups is 1. The highest BCUT2D eigenvalue weighted by Gasteiger charge is 2.32. The Hall–Kier alpha value is -2.70. The fraction of sp³-hybridized carbons (Fsp3) is 0.368. The number of piperidine rings is 1. The summed E-state index contributed by atoms with van der Waals surface area (Å²) in [5, 5.41) is 2.77. The lowest BCUT2D eigenvalue weighted by Gasteiger charge is -2.30. The highest BCUT2D eigenvalue weighted by molar-refractivity contribution is 7.92. The van der Waals surface area contributed by atoms with Crippen LogP contribution >= 0.6 is 0 Å². The molecule has 1 aliphatic heterocycles. The Morgan fingerprint density at radius 3 is 2.45 bits per heavy atom. The zero-order valence-electron chi connectivity index (χ0n) is 17.1. The summed E-state index contributed by atoms with van der Waals surface area (Å²) in [5.74, 6) is -0.306. The Morgan fingerprint density at radius 2 is 1.87 bits per heavy atom. The Kier molecular flexibility index (Phi) is 6.82. The zero-order valence-corrected chi connectivity index (χ0v) is 18.7. The number of hydrogen-bond acceptors (Lipinski definition) is 7. The number of anilines is 2. The molecule has 1 saturated heterocycles. The van der Waals surface area contributed by atoms with Crippen LogP contribution in [0, 0.1) is 5.92 Å². The van der Waals surface area contributed by atoms with Crippen molar-refractivity contribution in [3.8, 4) is 5.75 Å². The molecule has 3 rings (SSSR count). The molecule has 2 aromatic rings. The number of nitrogens with zero attached hydrogens (tertiary/aromatic N) is 2. The van der Waals surface area contributed by atoms with Crippen LogP contribution in [-0.4, -0.2) is 58.5 Å². The minimum Gasteiger partial charge on any atom is -0.495 e. The van der Waals surface area contributed by atoms with E-state index in [-0.39, 0.29) is 35.5 Å². The van der Waals surface area contributed by atoms with E-state index in [1.54, 1.807) is 18.2 Å². The van der Waals surface area contributed by atoms with E-state index in [9.17, 15) is 21.6 Å². The van der Waals surface area contributed by atoms with E-state index in [0.717, 1.165) is 6.26 Å². The third-order valence-electron chi connectivity index (χ3n) is 4.86. The number of benzene rings is 1. The van der Waals surface area contributed by atoms with Crippen molar-refractivity contribution < 1.29 is 26.4 Å². The van der Waals surface area contributed by atoms with Gasteiger partial charge in [-0.2, -0.15) is 4.31 Å². The van der Waals surface area contributed by atoms with Crippen LogP contribution in [0.4, 0.5) is 11.4 Å². The lowest BCUT2D eigenvalue weighted by atomic mass is 9.97. The van der Waals surface area contributed by atoms with Crippen LogP contribution in [0.2, 0.25) is 0 Å². The molecule has 0 atom stereocenters. The maximum atomic E-state index is 12.7. The maximum Gasteiger partial charge on any atom is 0.244 e. The highest BCUT2D eigenvalue weighted by Crippen LogP contribution is 2.30. The summed E-state index contributed by atoms with van der Waals surface area (Å²) in [6, 6.07) is 7.68. The van der Waals surface area contributed by atoms with E-state index in [1.165, 1.54) is 35.9 Å². The van der Waals surface area contributed by atoms with Gasteiger partial charge in [-0.3, -0.25) is 14.5 Å². The Balaban J connectivity index is 1.65. The molecule has 1 fully saturated rings. The summed E-state index contributed by atoms with van der Waals surface area (Å²) < 4.78 is 57.3. The van der Waals surface area contributed by atoms with Gasteiger partial charge < -0.3 is 10.1 Å². The van der Waals surface area contributed by atoms with E-state index in [4.69, 9.17) is 4.74 Å². The number of aromatic nitrogens is 1. The van der Waals surface area contributed by atoms with Gasteiger partial charge in [0.1, 0.15) is 10.6 Å². The Morgan fingerprint density at radius 1 is 1.16 bits per heavy atom. The topological polar surface area (TPSA) is 135 Å². The van der Waals surface area contributed by atoms with Gasteiger partial charge in [0.2, 0.25) is 26.0 Å². The maximum absolute atomic E-state index is 12.7. The number of ether oxygens (including phenoxy) is 1. The second kappa shape index (κ2) is 9.20. The third-order valence-corrected chi connectivity index (χ3v) is 7.33. The molecule has 0 saturated carbocycles. The Bertz CT molecular complexity index is 1150. The molecule has 168 valence electrons. The van der Waals surface area contributed by atoms with Crippen LogP contribution in [0.3, 0.4) is 0 Å². The van der Waals surface area contributed by atoms with Gasteiger partial charge in [-0.05, 0) is 43.2 Å². The van der Waals surface area contributed by atoms with Crippen molar-refractivity contribution in [2.24, 2.45) is 5.92 Å². The summed E-state index contributed by atoms with van der Waals surface area (Å²) in [6.45, 7) is 0.442. The van der Waals surface area contributed by atoms with E-state index in [1.807, 2.05) is 0 Å². The fourth-order valence-corrected chi connectivity index (χ4v) is 5.31. The van der Waals surface area contributed by atoms with Crippen LogP contribution in [0.5, 0.6) is 5.75 Å². The van der Waals surface area contributed by atoms with Crippen LogP contribution in [0.1, 0.15) is 12.8 Å². The molecule has 31 heavy (non-hydrogen) atoms. The van der Waals surface area contributed by atoms with Crippen molar-refractivity contribution in [2.45, 2.75) is 17.7 Å². The van der Waals surface area contributed by atoms with Gasteiger partial charge in [-0.25, -0.2) is 16.8 Å². The van der Waals surface area contributed by atoms with Crippen LogP contribution in [0.25, 0.3) is 0 Å². The molecule has 1 amide bonds. The molecule has 10 nitrogen and oxygen atoms in total. The lowest BCUT2D eigenvalue weighted by molar-refractivity contribution is -0.120. The van der Waals surface area contributed by atoms with Crippen molar-refractivity contribution in [1.82, 2.24) is 9.29 Å². The molecule has 2 N–H and O–H groups in total. The second-order valence-electron chi connectivity index (χ2n) is 7.15. The van der Waals surface area contributed by atoms with Gasteiger partial charge in [0.05, 0.1) is 19.1 Å². The molecule has 0 spiro atoms. The summed E-state index contributed by atoms with van der Waals surface area (Å²) in [6.07, 6.45) is 4.57. The first-order valence-electron chi connectivity index (χ1n) is 9.47. The molecule has 0 radical (unpaired) electrons. The molecule has 0 bridgehead atoms. The summed E-state index contributed by atoms with van der Waals surface area (Å²) >= 11 is 0. The van der Waals surface area contributed by atoms with E-state index in [0.29, 0.717) is 24.3 Å². The predicted molar refractivity (Wildman–Crippen MR) is 116 cm³/mol. The summed E-state index contributed by atoms with van der Waals surface area (Å²) in [4.78, 5) is 16.7.